The van der Waals surface area contributed by atoms with Gasteiger partial charge >= 0.3 is 0 Å². The molecule has 1 rings (SSSR count). The van der Waals surface area contributed by atoms with Crippen molar-refractivity contribution in [1.29, 1.82) is 0 Å². The average molecular weight is 254 g/mol. The van der Waals surface area contributed by atoms with Gasteiger partial charge in [-0.2, -0.15) is 0 Å². The molecule has 19 heavy (non-hydrogen) atoms. The smallest absolute Gasteiger partial charge is 0.159 e. The zero-order valence-electron chi connectivity index (χ0n) is 12.5. The van der Waals surface area contributed by atoms with Gasteiger partial charge in [-0.3, -0.25) is 4.79 Å². The van der Waals surface area contributed by atoms with E-state index in [1.165, 1.54) is 5.56 Å². The zero-order valence-corrected chi connectivity index (χ0v) is 12.5. The number of hydrogen-bond acceptors (Lipinski definition) is 1. The molecule has 100 valence electrons. The fourth-order valence-corrected chi connectivity index (χ4v) is 1.83. The maximum atomic E-state index is 11.5. The van der Waals surface area contributed by atoms with E-state index in [1.54, 1.807) is 6.92 Å². The van der Waals surface area contributed by atoms with Gasteiger partial charge in [0.1, 0.15) is 0 Å². The van der Waals surface area contributed by atoms with Crippen LogP contribution >= 0.6 is 0 Å². The fourth-order valence-electron chi connectivity index (χ4n) is 1.83. The second-order valence-corrected chi connectivity index (χ2v) is 4.94. The summed E-state index contributed by atoms with van der Waals surface area (Å²) < 4.78 is 0. The summed E-state index contributed by atoms with van der Waals surface area (Å²) in [7, 11) is 0. The Balaban J connectivity index is 3.34. The summed E-state index contributed by atoms with van der Waals surface area (Å²) in [6.07, 6.45) is 4.19. The van der Waals surface area contributed by atoms with Gasteiger partial charge in [0, 0.05) is 5.56 Å². The van der Waals surface area contributed by atoms with E-state index < -0.39 is 0 Å². The van der Waals surface area contributed by atoms with Gasteiger partial charge in [-0.1, -0.05) is 36.4 Å². The molecule has 0 radical (unpaired) electrons. The van der Waals surface area contributed by atoms with E-state index in [9.17, 15) is 4.79 Å². The molecule has 0 aromatic heterocycles. The molecule has 1 aromatic carbocycles. The summed E-state index contributed by atoms with van der Waals surface area (Å²) in [6.45, 7) is 13.7. The zero-order chi connectivity index (χ0) is 14.6. The predicted octanol–water partition coefficient (Wildman–Crippen LogP) is 5.12. The first-order valence-electron chi connectivity index (χ1n) is 6.49. The maximum absolute atomic E-state index is 11.5. The third-order valence-corrected chi connectivity index (χ3v) is 3.31. The van der Waals surface area contributed by atoms with E-state index in [0.717, 1.165) is 27.8 Å². The lowest BCUT2D eigenvalue weighted by Crippen LogP contribution is -1.96. The Hall–Kier alpha value is -1.89. The van der Waals surface area contributed by atoms with Crippen LogP contribution in [0.2, 0.25) is 0 Å². The van der Waals surface area contributed by atoms with Crippen molar-refractivity contribution in [2.45, 2.75) is 34.6 Å². The van der Waals surface area contributed by atoms with Crippen LogP contribution in [0, 0.1) is 6.92 Å². The molecule has 0 amide bonds. The largest absolute Gasteiger partial charge is 0.295 e. The molecule has 0 fully saturated rings. The average Bonchev–Trinajstić information content (AvgIpc) is 2.36. The minimum atomic E-state index is 0.0947. The Morgan fingerprint density at radius 1 is 1.21 bits per heavy atom. The van der Waals surface area contributed by atoms with Crippen LogP contribution in [0.4, 0.5) is 0 Å². The van der Waals surface area contributed by atoms with Crippen molar-refractivity contribution in [2.24, 2.45) is 0 Å². The molecule has 0 bridgehead atoms. The molecule has 0 aliphatic carbocycles. The molecular formula is C18H22O. The van der Waals surface area contributed by atoms with Gasteiger partial charge in [0.25, 0.3) is 0 Å². The third kappa shape index (κ3) is 3.78. The van der Waals surface area contributed by atoms with E-state index in [4.69, 9.17) is 0 Å². The first-order valence-corrected chi connectivity index (χ1v) is 6.49. The number of allylic oxidation sites excluding steroid dienone is 5. The number of benzene rings is 1. The number of ketones is 1. The predicted molar refractivity (Wildman–Crippen MR) is 83.4 cm³/mol. The number of Topliss-reactive ketones (excluding diaryl/α,β-unsaturated/α-hetero) is 1. The summed E-state index contributed by atoms with van der Waals surface area (Å²) in [5.74, 6) is 0.0947. The molecule has 0 saturated carbocycles. The van der Waals surface area contributed by atoms with Crippen LogP contribution in [-0.4, -0.2) is 5.78 Å². The molecule has 0 spiro atoms. The van der Waals surface area contributed by atoms with Crippen molar-refractivity contribution in [2.75, 3.05) is 0 Å². The molecular weight excluding hydrogens is 232 g/mol. The van der Waals surface area contributed by atoms with E-state index in [0.29, 0.717) is 0 Å². The van der Waals surface area contributed by atoms with Crippen LogP contribution < -0.4 is 0 Å². The van der Waals surface area contributed by atoms with Crippen LogP contribution in [-0.2, 0) is 0 Å². The highest BCUT2D eigenvalue weighted by Crippen LogP contribution is 2.24. The van der Waals surface area contributed by atoms with Crippen LogP contribution in [0.3, 0.4) is 0 Å². The van der Waals surface area contributed by atoms with E-state index in [1.807, 2.05) is 32.0 Å². The standard InChI is InChI=1S/C18H22O/c1-7-16(10-14(5)12(2)3)18-11-17(15(6)19)9-8-13(18)4/h7-11H,2H2,1,3-6H3. The van der Waals surface area contributed by atoms with Crippen molar-refractivity contribution >= 4 is 11.4 Å². The molecule has 1 aromatic rings. The van der Waals surface area contributed by atoms with Crippen LogP contribution in [0.5, 0.6) is 0 Å². The molecule has 0 aliphatic heterocycles. The summed E-state index contributed by atoms with van der Waals surface area (Å²) in [5.41, 5.74) is 6.36. The summed E-state index contributed by atoms with van der Waals surface area (Å²) in [4.78, 5) is 11.5. The lowest BCUT2D eigenvalue weighted by Gasteiger charge is -2.10. The Kier molecular flexibility index (Phi) is 5.05. The number of aryl methyl sites for hydroxylation is 1. The van der Waals surface area contributed by atoms with Gasteiger partial charge in [0.2, 0.25) is 0 Å². The number of carbonyl (C=O) groups excluding carboxylic acids is 1. The topological polar surface area (TPSA) is 17.1 Å². The molecule has 1 heteroatoms. The highest BCUT2D eigenvalue weighted by Gasteiger charge is 2.07. The van der Waals surface area contributed by atoms with Crippen molar-refractivity contribution in [3.63, 3.8) is 0 Å². The molecule has 0 atom stereocenters. The Bertz CT molecular complexity index is 571. The number of hydrogen-bond donors (Lipinski definition) is 0. The maximum Gasteiger partial charge on any atom is 0.159 e. The van der Waals surface area contributed by atoms with E-state index in [2.05, 4.69) is 32.6 Å². The molecule has 1 nitrogen and oxygen atoms in total. The van der Waals surface area contributed by atoms with Gasteiger partial charge < -0.3 is 0 Å². The van der Waals surface area contributed by atoms with Gasteiger partial charge in [-0.05, 0) is 63.0 Å². The highest BCUT2D eigenvalue weighted by atomic mass is 16.1. The Morgan fingerprint density at radius 3 is 2.32 bits per heavy atom. The molecule has 0 aliphatic rings. The van der Waals surface area contributed by atoms with Crippen LogP contribution in [0.25, 0.3) is 5.57 Å². The lowest BCUT2D eigenvalue weighted by atomic mass is 9.94. The van der Waals surface area contributed by atoms with E-state index >= 15 is 0 Å². The number of carbonyl (C=O) groups is 1. The normalized spacial score (nSPS) is 12.5. The first-order chi connectivity index (χ1) is 8.86. The SMILES string of the molecule is C=C(C)C(C)=CC(=CC)c1cc(C(C)=O)ccc1C. The summed E-state index contributed by atoms with van der Waals surface area (Å²) in [6, 6.07) is 5.85. The van der Waals surface area contributed by atoms with Crippen molar-refractivity contribution in [3.8, 4) is 0 Å². The summed E-state index contributed by atoms with van der Waals surface area (Å²) in [5, 5.41) is 0. The van der Waals surface area contributed by atoms with Crippen molar-refractivity contribution in [1.82, 2.24) is 0 Å². The Morgan fingerprint density at radius 2 is 1.84 bits per heavy atom. The summed E-state index contributed by atoms with van der Waals surface area (Å²) >= 11 is 0. The fraction of sp³-hybridized carbons (Fsp3) is 0.278. The van der Waals surface area contributed by atoms with Crippen LogP contribution in [0.1, 0.15) is 49.2 Å². The Labute approximate surface area is 116 Å². The van der Waals surface area contributed by atoms with Gasteiger partial charge in [-0.15, -0.1) is 0 Å². The molecule has 0 saturated heterocycles. The second-order valence-electron chi connectivity index (χ2n) is 4.94. The third-order valence-electron chi connectivity index (χ3n) is 3.31. The van der Waals surface area contributed by atoms with Crippen LogP contribution in [0.15, 0.2) is 48.1 Å². The molecule has 0 heterocycles. The first kappa shape index (κ1) is 15.2. The van der Waals surface area contributed by atoms with Gasteiger partial charge in [-0.25, -0.2) is 0 Å². The van der Waals surface area contributed by atoms with E-state index in [-0.39, 0.29) is 5.78 Å². The monoisotopic (exact) mass is 254 g/mol. The minimum absolute atomic E-state index is 0.0947. The van der Waals surface area contributed by atoms with Gasteiger partial charge in [0.15, 0.2) is 5.78 Å². The lowest BCUT2D eigenvalue weighted by molar-refractivity contribution is 0.101. The van der Waals surface area contributed by atoms with Crippen molar-refractivity contribution in [3.05, 3.63) is 64.8 Å². The number of rotatable bonds is 4. The molecule has 0 unspecified atom stereocenters. The second kappa shape index (κ2) is 6.33. The quantitative estimate of drug-likeness (QED) is 0.538. The minimum Gasteiger partial charge on any atom is -0.295 e. The van der Waals surface area contributed by atoms with Crippen molar-refractivity contribution < 1.29 is 4.79 Å². The highest BCUT2D eigenvalue weighted by molar-refractivity contribution is 5.95. The molecule has 0 N–H and O–H groups in total. The van der Waals surface area contributed by atoms with Gasteiger partial charge in [0.05, 0.1) is 0 Å².